The van der Waals surface area contributed by atoms with E-state index in [1.54, 1.807) is 7.05 Å². The van der Waals surface area contributed by atoms with Gasteiger partial charge >= 0.3 is 0 Å². The first-order valence-electron chi connectivity index (χ1n) is 7.65. The van der Waals surface area contributed by atoms with Crippen molar-refractivity contribution >= 4 is 41.7 Å². The number of aliphatic imine (C=N–C) groups is 1. The number of hydrogen-bond acceptors (Lipinski definition) is 4. The molecule has 0 aliphatic carbocycles. The van der Waals surface area contributed by atoms with E-state index in [0.717, 1.165) is 30.4 Å². The molecule has 130 valence electrons. The number of unbranched alkanes of at least 4 members (excludes halogenated alkanes) is 1. The van der Waals surface area contributed by atoms with Crippen LogP contribution >= 0.6 is 35.7 Å². The van der Waals surface area contributed by atoms with Crippen LogP contribution < -0.4 is 20.1 Å². The van der Waals surface area contributed by atoms with Crippen LogP contribution in [0.5, 0.6) is 11.5 Å². The van der Waals surface area contributed by atoms with Crippen LogP contribution in [0.2, 0.25) is 0 Å². The van der Waals surface area contributed by atoms with Crippen molar-refractivity contribution in [2.45, 2.75) is 18.9 Å². The van der Waals surface area contributed by atoms with Crippen molar-refractivity contribution in [2.24, 2.45) is 4.99 Å². The molecule has 1 aliphatic rings. The fourth-order valence-corrected chi connectivity index (χ4v) is 2.67. The summed E-state index contributed by atoms with van der Waals surface area (Å²) in [5.74, 6) is 3.64. The van der Waals surface area contributed by atoms with Crippen molar-refractivity contribution < 1.29 is 9.47 Å². The van der Waals surface area contributed by atoms with Gasteiger partial charge in [-0.25, -0.2) is 0 Å². The number of rotatable bonds is 7. The van der Waals surface area contributed by atoms with Crippen LogP contribution in [0.25, 0.3) is 0 Å². The maximum atomic E-state index is 5.91. The summed E-state index contributed by atoms with van der Waals surface area (Å²) >= 11 is 1.89. The summed E-state index contributed by atoms with van der Waals surface area (Å²) in [6.07, 6.45) is 4.50. The molecular formula is C16H26IN3O2S. The zero-order valence-electron chi connectivity index (χ0n) is 13.7. The topological polar surface area (TPSA) is 54.9 Å². The maximum absolute atomic E-state index is 5.91. The third-order valence-electron chi connectivity index (χ3n) is 3.36. The lowest BCUT2D eigenvalue weighted by atomic mass is 10.2. The van der Waals surface area contributed by atoms with Crippen molar-refractivity contribution in [3.05, 3.63) is 24.3 Å². The average Bonchev–Trinajstić information content (AvgIpc) is 2.57. The van der Waals surface area contributed by atoms with Gasteiger partial charge in [-0.2, -0.15) is 11.8 Å². The Balaban J connectivity index is 0.00000264. The first-order valence-corrected chi connectivity index (χ1v) is 9.05. The molecule has 7 heteroatoms. The fraction of sp³-hybridized carbons (Fsp3) is 0.562. The summed E-state index contributed by atoms with van der Waals surface area (Å²) in [5.41, 5.74) is 0. The second-order valence-corrected chi connectivity index (χ2v) is 6.06. The van der Waals surface area contributed by atoms with Gasteiger partial charge in [-0.1, -0.05) is 12.1 Å². The summed E-state index contributed by atoms with van der Waals surface area (Å²) in [5, 5.41) is 6.61. The highest BCUT2D eigenvalue weighted by molar-refractivity contribution is 14.0. The Labute approximate surface area is 160 Å². The minimum absolute atomic E-state index is 0. The summed E-state index contributed by atoms with van der Waals surface area (Å²) < 4.78 is 11.6. The van der Waals surface area contributed by atoms with Gasteiger partial charge in [-0.3, -0.25) is 4.99 Å². The molecule has 0 bridgehead atoms. The number of hydrogen-bond donors (Lipinski definition) is 2. The molecule has 1 heterocycles. The van der Waals surface area contributed by atoms with E-state index < -0.39 is 0 Å². The Kier molecular flexibility index (Phi) is 10.3. The third-order valence-corrected chi connectivity index (χ3v) is 4.05. The number of para-hydroxylation sites is 2. The van der Waals surface area contributed by atoms with Crippen molar-refractivity contribution in [3.8, 4) is 11.5 Å². The van der Waals surface area contributed by atoms with Crippen molar-refractivity contribution in [3.63, 3.8) is 0 Å². The third kappa shape index (κ3) is 7.07. The van der Waals surface area contributed by atoms with Crippen LogP contribution in [-0.4, -0.2) is 50.8 Å². The van der Waals surface area contributed by atoms with Gasteiger partial charge in [0.25, 0.3) is 0 Å². The average molecular weight is 451 g/mol. The van der Waals surface area contributed by atoms with Crippen LogP contribution in [0, 0.1) is 0 Å². The van der Waals surface area contributed by atoms with E-state index in [4.69, 9.17) is 9.47 Å². The van der Waals surface area contributed by atoms with Gasteiger partial charge in [0.1, 0.15) is 12.7 Å². The predicted octanol–water partition coefficient (Wildman–Crippen LogP) is 2.75. The summed E-state index contributed by atoms with van der Waals surface area (Å²) in [6.45, 7) is 2.15. The predicted molar refractivity (Wildman–Crippen MR) is 109 cm³/mol. The smallest absolute Gasteiger partial charge is 0.191 e. The molecule has 0 fully saturated rings. The van der Waals surface area contributed by atoms with E-state index in [-0.39, 0.29) is 30.1 Å². The molecule has 0 saturated heterocycles. The molecular weight excluding hydrogens is 425 g/mol. The first kappa shape index (κ1) is 20.2. The summed E-state index contributed by atoms with van der Waals surface area (Å²) in [7, 11) is 1.78. The highest BCUT2D eigenvalue weighted by atomic mass is 127. The van der Waals surface area contributed by atoms with Gasteiger partial charge in [0, 0.05) is 13.6 Å². The number of nitrogens with one attached hydrogen (secondary N) is 2. The van der Waals surface area contributed by atoms with Crippen LogP contribution in [0.4, 0.5) is 0 Å². The van der Waals surface area contributed by atoms with E-state index in [1.165, 1.54) is 12.2 Å². The minimum Gasteiger partial charge on any atom is -0.486 e. The van der Waals surface area contributed by atoms with E-state index in [2.05, 4.69) is 21.9 Å². The normalized spacial score (nSPS) is 16.4. The molecule has 1 aliphatic heterocycles. The van der Waals surface area contributed by atoms with Gasteiger partial charge in [0.15, 0.2) is 17.5 Å². The molecule has 1 aromatic carbocycles. The minimum atomic E-state index is -0.00931. The molecule has 23 heavy (non-hydrogen) atoms. The standard InChI is InChI=1S/C16H25N3O2S.HI/c1-17-16(18-9-5-6-10-22-2)19-11-13-12-20-14-7-3-4-8-15(14)21-13;/h3-4,7-8,13H,5-6,9-12H2,1-2H3,(H2,17,18,19);1H. The quantitative estimate of drug-likeness (QED) is 0.289. The second kappa shape index (κ2) is 11.7. The van der Waals surface area contributed by atoms with Gasteiger partial charge in [-0.05, 0) is 37.0 Å². The van der Waals surface area contributed by atoms with E-state index in [0.29, 0.717) is 13.2 Å². The number of guanidine groups is 1. The highest BCUT2D eigenvalue weighted by Crippen LogP contribution is 2.30. The zero-order valence-corrected chi connectivity index (χ0v) is 16.9. The Morgan fingerprint density at radius 3 is 2.78 bits per heavy atom. The largest absolute Gasteiger partial charge is 0.486 e. The molecule has 0 amide bonds. The number of benzene rings is 1. The van der Waals surface area contributed by atoms with Crippen molar-refractivity contribution in [1.29, 1.82) is 0 Å². The number of fused-ring (bicyclic) bond motifs is 1. The van der Waals surface area contributed by atoms with Crippen molar-refractivity contribution in [1.82, 2.24) is 10.6 Å². The molecule has 0 spiro atoms. The van der Waals surface area contributed by atoms with E-state index in [9.17, 15) is 0 Å². The van der Waals surface area contributed by atoms with Crippen LogP contribution in [0.15, 0.2) is 29.3 Å². The van der Waals surface area contributed by atoms with Gasteiger partial charge < -0.3 is 20.1 Å². The van der Waals surface area contributed by atoms with Crippen molar-refractivity contribution in [2.75, 3.05) is 38.8 Å². The zero-order chi connectivity index (χ0) is 15.6. The molecule has 0 radical (unpaired) electrons. The monoisotopic (exact) mass is 451 g/mol. The lowest BCUT2D eigenvalue weighted by molar-refractivity contribution is 0.0936. The summed E-state index contributed by atoms with van der Waals surface area (Å²) in [6, 6.07) is 7.75. The van der Waals surface area contributed by atoms with Crippen LogP contribution in [0.3, 0.4) is 0 Å². The molecule has 2 N–H and O–H groups in total. The fourth-order valence-electron chi connectivity index (χ4n) is 2.17. The maximum Gasteiger partial charge on any atom is 0.191 e. The molecule has 5 nitrogen and oxygen atoms in total. The van der Waals surface area contributed by atoms with Crippen LogP contribution in [0.1, 0.15) is 12.8 Å². The first-order chi connectivity index (χ1) is 10.8. The van der Waals surface area contributed by atoms with Gasteiger partial charge in [-0.15, -0.1) is 24.0 Å². The Hall–Kier alpha value is -0.830. The Morgan fingerprint density at radius 2 is 2.04 bits per heavy atom. The molecule has 1 aromatic rings. The van der Waals surface area contributed by atoms with Gasteiger partial charge in [0.2, 0.25) is 0 Å². The number of ether oxygens (including phenoxy) is 2. The molecule has 0 saturated carbocycles. The highest BCUT2D eigenvalue weighted by Gasteiger charge is 2.20. The summed E-state index contributed by atoms with van der Waals surface area (Å²) in [4.78, 5) is 4.23. The number of thioether (sulfide) groups is 1. The van der Waals surface area contributed by atoms with Crippen LogP contribution in [-0.2, 0) is 0 Å². The second-order valence-electron chi connectivity index (χ2n) is 5.08. The van der Waals surface area contributed by atoms with Gasteiger partial charge in [0.05, 0.1) is 6.54 Å². The Morgan fingerprint density at radius 1 is 1.26 bits per heavy atom. The molecule has 1 unspecified atom stereocenters. The number of nitrogens with zero attached hydrogens (tertiary/aromatic N) is 1. The molecule has 1 atom stereocenters. The van der Waals surface area contributed by atoms with E-state index in [1.807, 2.05) is 36.0 Å². The lowest BCUT2D eigenvalue weighted by Crippen LogP contribution is -2.45. The molecule has 2 rings (SSSR count). The molecule has 0 aromatic heterocycles. The Bertz CT molecular complexity index is 488. The van der Waals surface area contributed by atoms with E-state index >= 15 is 0 Å². The number of halogens is 1. The lowest BCUT2D eigenvalue weighted by Gasteiger charge is -2.27. The SMILES string of the molecule is CN=C(NCCCCSC)NCC1COc2ccccc2O1.I.